The maximum atomic E-state index is 14.0. The zero-order valence-corrected chi connectivity index (χ0v) is 19.1. The quantitative estimate of drug-likeness (QED) is 0.703. The molecule has 0 spiro atoms. The first-order valence-corrected chi connectivity index (χ1v) is 12.4. The lowest BCUT2D eigenvalue weighted by Gasteiger charge is -2.30. The minimum atomic E-state index is -3.88. The van der Waals surface area contributed by atoms with E-state index in [1.165, 1.54) is 34.6 Å². The number of piperidine rings is 1. The van der Waals surface area contributed by atoms with Crippen LogP contribution in [0.3, 0.4) is 0 Å². The molecule has 2 aliphatic heterocycles. The number of ether oxygens (including phenoxy) is 1. The third kappa shape index (κ3) is 4.91. The van der Waals surface area contributed by atoms with E-state index >= 15 is 0 Å². The number of benzene rings is 2. The number of carbonyl (C=O) groups is 1. The molecule has 2 heterocycles. The average molecular weight is 482 g/mol. The van der Waals surface area contributed by atoms with Gasteiger partial charge in [0.25, 0.3) is 5.91 Å². The lowest BCUT2D eigenvalue weighted by molar-refractivity contribution is 0.0730. The van der Waals surface area contributed by atoms with Crippen LogP contribution in [0.1, 0.15) is 29.6 Å². The molecule has 0 saturated carbocycles. The van der Waals surface area contributed by atoms with E-state index in [1.54, 1.807) is 6.07 Å². The Morgan fingerprint density at radius 3 is 2.44 bits per heavy atom. The lowest BCUT2D eigenvalue weighted by Crippen LogP contribution is -2.40. The fourth-order valence-corrected chi connectivity index (χ4v) is 5.89. The van der Waals surface area contributed by atoms with Crippen LogP contribution in [0.25, 0.3) is 0 Å². The van der Waals surface area contributed by atoms with Gasteiger partial charge in [0.15, 0.2) is 0 Å². The van der Waals surface area contributed by atoms with E-state index in [2.05, 4.69) is 10.2 Å². The van der Waals surface area contributed by atoms with E-state index in [1.807, 2.05) is 0 Å². The molecule has 2 fully saturated rings. The van der Waals surface area contributed by atoms with Gasteiger partial charge in [0.2, 0.25) is 10.0 Å². The van der Waals surface area contributed by atoms with Gasteiger partial charge in [-0.15, -0.1) is 0 Å². The summed E-state index contributed by atoms with van der Waals surface area (Å²) in [5, 5.41) is 2.79. The van der Waals surface area contributed by atoms with Crippen LogP contribution in [0.2, 0.25) is 5.02 Å². The second kappa shape index (κ2) is 9.74. The third-order valence-corrected chi connectivity index (χ3v) is 8.07. The highest BCUT2D eigenvalue weighted by Crippen LogP contribution is 2.31. The second-order valence-corrected chi connectivity index (χ2v) is 10.1. The Labute approximate surface area is 192 Å². The number of amides is 1. The van der Waals surface area contributed by atoms with Crippen LogP contribution in [0.4, 0.5) is 15.8 Å². The zero-order valence-electron chi connectivity index (χ0n) is 17.5. The van der Waals surface area contributed by atoms with Crippen LogP contribution in [0.15, 0.2) is 41.3 Å². The summed E-state index contributed by atoms with van der Waals surface area (Å²) < 4.78 is 46.6. The number of nitrogens with zero attached hydrogens (tertiary/aromatic N) is 2. The van der Waals surface area contributed by atoms with E-state index < -0.39 is 21.7 Å². The summed E-state index contributed by atoms with van der Waals surface area (Å²) in [4.78, 5) is 15.0. The number of rotatable bonds is 5. The van der Waals surface area contributed by atoms with E-state index in [4.69, 9.17) is 16.3 Å². The molecule has 0 atom stereocenters. The smallest absolute Gasteiger partial charge is 0.255 e. The third-order valence-electron chi connectivity index (χ3n) is 5.68. The number of nitrogens with one attached hydrogen (secondary N) is 1. The highest BCUT2D eigenvalue weighted by molar-refractivity contribution is 7.89. The van der Waals surface area contributed by atoms with Crippen LogP contribution < -0.4 is 10.2 Å². The minimum absolute atomic E-state index is 0.0350. The highest BCUT2D eigenvalue weighted by Gasteiger charge is 2.29. The van der Waals surface area contributed by atoms with Gasteiger partial charge in [0, 0.05) is 31.7 Å². The van der Waals surface area contributed by atoms with Crippen molar-refractivity contribution in [3.8, 4) is 0 Å². The van der Waals surface area contributed by atoms with Crippen LogP contribution in [0.5, 0.6) is 0 Å². The molecule has 2 saturated heterocycles. The largest absolute Gasteiger partial charge is 0.379 e. The summed E-state index contributed by atoms with van der Waals surface area (Å²) in [6.45, 7) is 2.70. The Kier molecular flexibility index (Phi) is 6.99. The molecular formula is C22H25ClFN3O4S. The monoisotopic (exact) mass is 481 g/mol. The molecule has 0 radical (unpaired) electrons. The van der Waals surface area contributed by atoms with Gasteiger partial charge in [-0.2, -0.15) is 4.31 Å². The molecule has 1 amide bonds. The van der Waals surface area contributed by atoms with Crippen molar-refractivity contribution in [1.82, 2.24) is 4.31 Å². The summed E-state index contributed by atoms with van der Waals surface area (Å²) in [6, 6.07) is 8.42. The topological polar surface area (TPSA) is 79.0 Å². The summed E-state index contributed by atoms with van der Waals surface area (Å²) in [6.07, 6.45) is 3.21. The van der Waals surface area contributed by atoms with Crippen molar-refractivity contribution in [3.63, 3.8) is 0 Å². The Bertz CT molecular complexity index is 1100. The molecule has 7 nitrogen and oxygen atoms in total. The minimum Gasteiger partial charge on any atom is -0.379 e. The zero-order chi connectivity index (χ0) is 22.7. The molecule has 2 aromatic carbocycles. The van der Waals surface area contributed by atoms with Crippen LogP contribution >= 0.6 is 11.6 Å². The molecular weight excluding hydrogens is 457 g/mol. The maximum absolute atomic E-state index is 14.0. The molecule has 0 unspecified atom stereocenters. The van der Waals surface area contributed by atoms with Gasteiger partial charge in [-0.3, -0.25) is 4.79 Å². The first-order chi connectivity index (χ1) is 15.4. The number of hydrogen-bond acceptors (Lipinski definition) is 5. The van der Waals surface area contributed by atoms with E-state index in [-0.39, 0.29) is 28.6 Å². The lowest BCUT2D eigenvalue weighted by atomic mass is 10.1. The number of anilines is 2. The van der Waals surface area contributed by atoms with Crippen molar-refractivity contribution < 1.29 is 22.3 Å². The Morgan fingerprint density at radius 1 is 1.00 bits per heavy atom. The van der Waals surface area contributed by atoms with Crippen LogP contribution in [-0.4, -0.2) is 58.0 Å². The fourth-order valence-electron chi connectivity index (χ4n) is 3.98. The average Bonchev–Trinajstić information content (AvgIpc) is 2.80. The predicted molar refractivity (Wildman–Crippen MR) is 121 cm³/mol. The van der Waals surface area contributed by atoms with E-state index in [0.29, 0.717) is 18.9 Å². The number of halogens is 2. The molecule has 0 aliphatic carbocycles. The molecule has 0 aromatic heterocycles. The Hall–Kier alpha value is -2.20. The molecule has 2 aliphatic rings. The van der Waals surface area contributed by atoms with Gasteiger partial charge in [-0.25, -0.2) is 12.8 Å². The number of morpholine rings is 1. The van der Waals surface area contributed by atoms with Gasteiger partial charge < -0.3 is 15.0 Å². The normalized spacial score (nSPS) is 17.9. The van der Waals surface area contributed by atoms with Gasteiger partial charge in [0.05, 0.1) is 29.6 Å². The summed E-state index contributed by atoms with van der Waals surface area (Å²) in [7, 11) is -3.88. The van der Waals surface area contributed by atoms with Gasteiger partial charge >= 0.3 is 0 Å². The SMILES string of the molecule is O=C(Nc1cc(F)ccc1N1CCCCC1)c1ccc(Cl)c(S(=O)(=O)N2CCOCC2)c1. The fraction of sp³-hybridized carbons (Fsp3) is 0.409. The molecule has 172 valence electrons. The van der Waals surface area contributed by atoms with Crippen molar-refractivity contribution in [2.45, 2.75) is 24.2 Å². The molecule has 1 N–H and O–H groups in total. The van der Waals surface area contributed by atoms with Crippen molar-refractivity contribution in [2.24, 2.45) is 0 Å². The molecule has 2 aromatic rings. The van der Waals surface area contributed by atoms with Crippen molar-refractivity contribution in [2.75, 3.05) is 49.6 Å². The van der Waals surface area contributed by atoms with Crippen LogP contribution in [-0.2, 0) is 14.8 Å². The van der Waals surface area contributed by atoms with Crippen molar-refractivity contribution in [1.29, 1.82) is 0 Å². The van der Waals surface area contributed by atoms with Crippen molar-refractivity contribution >= 4 is 38.9 Å². The highest BCUT2D eigenvalue weighted by atomic mass is 35.5. The van der Waals surface area contributed by atoms with E-state index in [9.17, 15) is 17.6 Å². The summed E-state index contributed by atoms with van der Waals surface area (Å²) in [5.41, 5.74) is 1.22. The van der Waals surface area contributed by atoms with Gasteiger partial charge in [-0.1, -0.05) is 11.6 Å². The van der Waals surface area contributed by atoms with Crippen molar-refractivity contribution in [3.05, 3.63) is 52.8 Å². The first-order valence-electron chi connectivity index (χ1n) is 10.6. The summed E-state index contributed by atoms with van der Waals surface area (Å²) >= 11 is 6.19. The molecule has 32 heavy (non-hydrogen) atoms. The number of sulfonamides is 1. The maximum Gasteiger partial charge on any atom is 0.255 e. The second-order valence-electron chi connectivity index (χ2n) is 7.82. The first kappa shape index (κ1) is 23.0. The predicted octanol–water partition coefficient (Wildman–Crippen LogP) is 3.74. The van der Waals surface area contributed by atoms with Gasteiger partial charge in [-0.05, 0) is 55.7 Å². The van der Waals surface area contributed by atoms with E-state index in [0.717, 1.165) is 38.0 Å². The standard InChI is InChI=1S/C22H25ClFN3O4S/c23-18-6-4-16(14-21(18)32(29,30)27-10-12-31-13-11-27)22(28)25-19-15-17(24)5-7-20(19)26-8-2-1-3-9-26/h4-7,14-15H,1-3,8-13H2,(H,25,28). The molecule has 4 rings (SSSR count). The summed E-state index contributed by atoms with van der Waals surface area (Å²) in [5.74, 6) is -1.00. The number of carbonyl (C=O) groups excluding carboxylic acids is 1. The Morgan fingerprint density at radius 2 is 1.72 bits per heavy atom. The molecule has 0 bridgehead atoms. The number of hydrogen-bond donors (Lipinski definition) is 1. The molecule has 10 heteroatoms. The Balaban J connectivity index is 1.61. The van der Waals surface area contributed by atoms with Gasteiger partial charge in [0.1, 0.15) is 10.7 Å². The van der Waals surface area contributed by atoms with Crippen LogP contribution in [0, 0.1) is 5.82 Å².